The molecule has 3 nitrogen and oxygen atoms in total. The molecule has 1 aromatic heterocycles. The third-order valence-electron chi connectivity index (χ3n) is 2.56. The van der Waals surface area contributed by atoms with Crippen molar-refractivity contribution in [3.63, 3.8) is 0 Å². The van der Waals surface area contributed by atoms with Crippen LogP contribution in [-0.2, 0) is 4.74 Å². The molecular weight excluding hydrogens is 196 g/mol. The van der Waals surface area contributed by atoms with Gasteiger partial charge in [0.15, 0.2) is 0 Å². The van der Waals surface area contributed by atoms with E-state index in [0.29, 0.717) is 6.04 Å². The number of ether oxygens (including phenoxy) is 1. The average Bonchev–Trinajstić information content (AvgIpc) is 2.71. The Labute approximate surface area is 88.7 Å². The van der Waals surface area contributed by atoms with E-state index in [1.807, 2.05) is 11.6 Å². The Morgan fingerprint density at radius 2 is 2.50 bits per heavy atom. The van der Waals surface area contributed by atoms with Crippen molar-refractivity contribution in [2.45, 2.75) is 26.0 Å². The molecule has 0 N–H and O–H groups in total. The minimum Gasteiger partial charge on any atom is -0.368 e. The first-order valence-corrected chi connectivity index (χ1v) is 5.90. The highest BCUT2D eigenvalue weighted by molar-refractivity contribution is 7.09. The van der Waals surface area contributed by atoms with Crippen LogP contribution in [0.25, 0.3) is 0 Å². The van der Waals surface area contributed by atoms with Crippen molar-refractivity contribution in [3.8, 4) is 0 Å². The highest BCUT2D eigenvalue weighted by Crippen LogP contribution is 2.24. The van der Waals surface area contributed by atoms with Crippen LogP contribution in [0.2, 0.25) is 0 Å². The standard InChI is InChI=1S/C10H16N2OS/c1-8(2)12-4-5-13-9(7-12)10-11-3-6-14-10/h3,6,8-9H,4-5,7H2,1-2H3. The fourth-order valence-corrected chi connectivity index (χ4v) is 2.36. The second-order valence-electron chi connectivity index (χ2n) is 3.82. The Kier molecular flexibility index (Phi) is 3.15. The minimum absolute atomic E-state index is 0.186. The number of hydrogen-bond donors (Lipinski definition) is 0. The van der Waals surface area contributed by atoms with Gasteiger partial charge in [0, 0.05) is 30.7 Å². The summed E-state index contributed by atoms with van der Waals surface area (Å²) in [4.78, 5) is 6.74. The first kappa shape index (κ1) is 10.1. The van der Waals surface area contributed by atoms with Gasteiger partial charge in [-0.3, -0.25) is 4.90 Å². The first-order chi connectivity index (χ1) is 6.77. The van der Waals surface area contributed by atoms with Crippen LogP contribution in [-0.4, -0.2) is 35.6 Å². The fourth-order valence-electron chi connectivity index (χ4n) is 1.68. The van der Waals surface area contributed by atoms with Crippen LogP contribution in [0.4, 0.5) is 0 Å². The molecule has 0 aliphatic carbocycles. The van der Waals surface area contributed by atoms with Crippen molar-refractivity contribution >= 4 is 11.3 Å². The highest BCUT2D eigenvalue weighted by atomic mass is 32.1. The van der Waals surface area contributed by atoms with E-state index in [1.54, 1.807) is 11.3 Å². The molecule has 0 spiro atoms. The summed E-state index contributed by atoms with van der Waals surface area (Å²) in [5, 5.41) is 3.11. The first-order valence-electron chi connectivity index (χ1n) is 5.02. The molecule has 14 heavy (non-hydrogen) atoms. The lowest BCUT2D eigenvalue weighted by atomic mass is 10.2. The van der Waals surface area contributed by atoms with Crippen molar-refractivity contribution in [1.29, 1.82) is 0 Å². The second-order valence-corrected chi connectivity index (χ2v) is 4.74. The van der Waals surface area contributed by atoms with Crippen LogP contribution in [0.15, 0.2) is 11.6 Å². The van der Waals surface area contributed by atoms with Crippen molar-refractivity contribution < 1.29 is 4.74 Å². The Morgan fingerprint density at radius 1 is 1.64 bits per heavy atom. The summed E-state index contributed by atoms with van der Waals surface area (Å²) in [5.41, 5.74) is 0. The van der Waals surface area contributed by atoms with Gasteiger partial charge in [-0.2, -0.15) is 0 Å². The van der Waals surface area contributed by atoms with Crippen LogP contribution >= 0.6 is 11.3 Å². The topological polar surface area (TPSA) is 25.4 Å². The van der Waals surface area contributed by atoms with Crippen molar-refractivity contribution in [2.24, 2.45) is 0 Å². The molecular formula is C10H16N2OS. The summed E-state index contributed by atoms with van der Waals surface area (Å²) in [6.07, 6.45) is 2.03. The Balaban J connectivity index is 2.01. The minimum atomic E-state index is 0.186. The normalized spacial score (nSPS) is 24.4. The summed E-state index contributed by atoms with van der Waals surface area (Å²) < 4.78 is 5.71. The van der Waals surface area contributed by atoms with E-state index >= 15 is 0 Å². The monoisotopic (exact) mass is 212 g/mol. The van der Waals surface area contributed by atoms with Gasteiger partial charge in [0.2, 0.25) is 0 Å². The SMILES string of the molecule is CC(C)N1CCOC(c2nccs2)C1. The molecule has 0 aromatic carbocycles. The van der Waals surface area contributed by atoms with Crippen molar-refractivity contribution in [2.75, 3.05) is 19.7 Å². The molecule has 1 aliphatic rings. The third-order valence-corrected chi connectivity index (χ3v) is 3.42. The molecule has 0 radical (unpaired) electrons. The maximum absolute atomic E-state index is 5.71. The molecule has 1 aromatic rings. The van der Waals surface area contributed by atoms with Gasteiger partial charge in [-0.25, -0.2) is 4.98 Å². The maximum Gasteiger partial charge on any atom is 0.123 e. The molecule has 2 rings (SSSR count). The van der Waals surface area contributed by atoms with Gasteiger partial charge in [0.25, 0.3) is 0 Å². The van der Waals surface area contributed by atoms with Gasteiger partial charge in [0.05, 0.1) is 6.61 Å². The van der Waals surface area contributed by atoms with Gasteiger partial charge < -0.3 is 4.74 Å². The molecule has 1 atom stereocenters. The number of rotatable bonds is 2. The van der Waals surface area contributed by atoms with Gasteiger partial charge >= 0.3 is 0 Å². The lowest BCUT2D eigenvalue weighted by Gasteiger charge is -2.34. The average molecular weight is 212 g/mol. The highest BCUT2D eigenvalue weighted by Gasteiger charge is 2.24. The predicted molar refractivity (Wildman–Crippen MR) is 57.5 cm³/mol. The largest absolute Gasteiger partial charge is 0.368 e. The molecule has 78 valence electrons. The molecule has 4 heteroatoms. The molecule has 1 aliphatic heterocycles. The van der Waals surface area contributed by atoms with Gasteiger partial charge in [0.1, 0.15) is 11.1 Å². The lowest BCUT2D eigenvalue weighted by Crippen LogP contribution is -2.42. The maximum atomic E-state index is 5.71. The quantitative estimate of drug-likeness (QED) is 0.749. The Hall–Kier alpha value is -0.450. The smallest absolute Gasteiger partial charge is 0.123 e. The van der Waals surface area contributed by atoms with Crippen LogP contribution in [0.3, 0.4) is 0 Å². The zero-order valence-corrected chi connectivity index (χ0v) is 9.46. The third kappa shape index (κ3) is 2.13. The van der Waals surface area contributed by atoms with Crippen molar-refractivity contribution in [3.05, 3.63) is 16.6 Å². The second kappa shape index (κ2) is 4.38. The summed E-state index contributed by atoms with van der Waals surface area (Å²) in [5.74, 6) is 0. The number of morpholine rings is 1. The van der Waals surface area contributed by atoms with E-state index in [9.17, 15) is 0 Å². The van der Waals surface area contributed by atoms with Crippen LogP contribution < -0.4 is 0 Å². The van der Waals surface area contributed by atoms with E-state index in [-0.39, 0.29) is 6.10 Å². The molecule has 0 amide bonds. The van der Waals surface area contributed by atoms with Crippen LogP contribution in [0, 0.1) is 0 Å². The van der Waals surface area contributed by atoms with E-state index < -0.39 is 0 Å². The number of hydrogen-bond acceptors (Lipinski definition) is 4. The molecule has 0 saturated carbocycles. The van der Waals surface area contributed by atoms with Crippen LogP contribution in [0.5, 0.6) is 0 Å². The predicted octanol–water partition coefficient (Wildman–Crippen LogP) is 1.92. The lowest BCUT2D eigenvalue weighted by molar-refractivity contribution is -0.0402. The number of nitrogens with zero attached hydrogens (tertiary/aromatic N) is 2. The zero-order valence-electron chi connectivity index (χ0n) is 8.64. The summed E-state index contributed by atoms with van der Waals surface area (Å²) in [6, 6.07) is 0.598. The van der Waals surface area contributed by atoms with Crippen molar-refractivity contribution in [1.82, 2.24) is 9.88 Å². The fraction of sp³-hybridized carbons (Fsp3) is 0.700. The molecule has 2 heterocycles. The van der Waals surface area contributed by atoms with Crippen LogP contribution in [0.1, 0.15) is 25.0 Å². The van der Waals surface area contributed by atoms with E-state index in [4.69, 9.17) is 4.74 Å². The molecule has 0 bridgehead atoms. The summed E-state index contributed by atoms with van der Waals surface area (Å²) >= 11 is 1.68. The van der Waals surface area contributed by atoms with Gasteiger partial charge in [-0.1, -0.05) is 0 Å². The Morgan fingerprint density at radius 3 is 3.14 bits per heavy atom. The van der Waals surface area contributed by atoms with Gasteiger partial charge in [-0.05, 0) is 13.8 Å². The number of aromatic nitrogens is 1. The Bertz CT molecular complexity index is 274. The van der Waals surface area contributed by atoms with Gasteiger partial charge in [-0.15, -0.1) is 11.3 Å². The van der Waals surface area contributed by atoms with E-state index in [1.165, 1.54) is 0 Å². The van der Waals surface area contributed by atoms with E-state index in [0.717, 1.165) is 24.7 Å². The zero-order chi connectivity index (χ0) is 9.97. The molecule has 1 unspecified atom stereocenters. The molecule has 1 saturated heterocycles. The summed E-state index contributed by atoms with van der Waals surface area (Å²) in [6.45, 7) is 7.29. The molecule has 1 fully saturated rings. The van der Waals surface area contributed by atoms with E-state index in [2.05, 4.69) is 23.7 Å². The summed E-state index contributed by atoms with van der Waals surface area (Å²) in [7, 11) is 0. The number of thiazole rings is 1.